The highest BCUT2D eigenvalue weighted by molar-refractivity contribution is 7.89. The molecule has 0 atom stereocenters. The summed E-state index contributed by atoms with van der Waals surface area (Å²) in [5, 5.41) is 3.93. The van der Waals surface area contributed by atoms with E-state index in [1.54, 1.807) is 12.1 Å². The number of nitrogens with one attached hydrogen (secondary N) is 2. The summed E-state index contributed by atoms with van der Waals surface area (Å²) < 4.78 is 27.2. The number of benzene rings is 1. The summed E-state index contributed by atoms with van der Waals surface area (Å²) in [5.74, 6) is 0. The molecule has 1 aromatic rings. The summed E-state index contributed by atoms with van der Waals surface area (Å²) >= 11 is 6.13. The van der Waals surface area contributed by atoms with E-state index in [9.17, 15) is 8.42 Å². The van der Waals surface area contributed by atoms with Crippen LogP contribution in [0.5, 0.6) is 0 Å². The van der Waals surface area contributed by atoms with Crippen molar-refractivity contribution in [1.29, 1.82) is 0 Å². The van der Waals surface area contributed by atoms with E-state index in [0.29, 0.717) is 17.6 Å². The Hall–Kier alpha value is -0.620. The quantitative estimate of drug-likeness (QED) is 0.878. The van der Waals surface area contributed by atoms with E-state index in [4.69, 9.17) is 11.6 Å². The molecular formula is C14H21ClN2O2S. The monoisotopic (exact) mass is 316 g/mol. The highest BCUT2D eigenvalue weighted by Crippen LogP contribution is 2.24. The Morgan fingerprint density at radius 3 is 2.50 bits per heavy atom. The summed E-state index contributed by atoms with van der Waals surface area (Å²) in [6.07, 6.45) is 2.36. The van der Waals surface area contributed by atoms with Gasteiger partial charge in [0.05, 0.1) is 4.90 Å². The van der Waals surface area contributed by atoms with Gasteiger partial charge in [-0.3, -0.25) is 0 Å². The predicted molar refractivity (Wildman–Crippen MR) is 81.4 cm³/mol. The maximum absolute atomic E-state index is 12.3. The average Bonchev–Trinajstić information content (AvgIpc) is 3.08. The smallest absolute Gasteiger partial charge is 0.241 e. The zero-order chi connectivity index (χ0) is 15.0. The first-order chi connectivity index (χ1) is 9.17. The predicted octanol–water partition coefficient (Wildman–Crippen LogP) is 2.67. The summed E-state index contributed by atoms with van der Waals surface area (Å²) in [5.41, 5.74) is 0.306. The zero-order valence-electron chi connectivity index (χ0n) is 12.0. The van der Waals surface area contributed by atoms with Crippen LogP contribution in [0.4, 0.5) is 0 Å². The van der Waals surface area contributed by atoms with Gasteiger partial charge in [-0.05, 0) is 57.4 Å². The van der Waals surface area contributed by atoms with Gasteiger partial charge in [-0.2, -0.15) is 0 Å². The molecule has 0 heterocycles. The molecule has 1 saturated carbocycles. The summed E-state index contributed by atoms with van der Waals surface area (Å²) in [6, 6.07) is 5.38. The fourth-order valence-electron chi connectivity index (χ4n) is 1.86. The molecular weight excluding hydrogens is 296 g/mol. The molecule has 0 aromatic heterocycles. The second-order valence-electron chi connectivity index (χ2n) is 6.26. The molecule has 0 unspecified atom stereocenters. The van der Waals surface area contributed by atoms with E-state index in [-0.39, 0.29) is 4.90 Å². The molecule has 1 aromatic carbocycles. The molecule has 0 radical (unpaired) electrons. The largest absolute Gasteiger partial charge is 0.310 e. The van der Waals surface area contributed by atoms with Gasteiger partial charge in [0.15, 0.2) is 0 Å². The van der Waals surface area contributed by atoms with Crippen molar-refractivity contribution in [2.45, 2.75) is 56.6 Å². The zero-order valence-corrected chi connectivity index (χ0v) is 13.6. The van der Waals surface area contributed by atoms with Crippen molar-refractivity contribution in [2.75, 3.05) is 0 Å². The van der Waals surface area contributed by atoms with Crippen LogP contribution < -0.4 is 10.0 Å². The van der Waals surface area contributed by atoms with E-state index < -0.39 is 15.6 Å². The molecule has 6 heteroatoms. The third-order valence-electron chi connectivity index (χ3n) is 2.93. The summed E-state index contributed by atoms with van der Waals surface area (Å²) in [4.78, 5) is 0.254. The Labute approximate surface area is 126 Å². The lowest BCUT2D eigenvalue weighted by atomic mass is 10.1. The Kier molecular flexibility index (Phi) is 4.44. The van der Waals surface area contributed by atoms with Crippen molar-refractivity contribution < 1.29 is 8.42 Å². The second-order valence-corrected chi connectivity index (χ2v) is 8.35. The minimum absolute atomic E-state index is 0.254. The first-order valence-corrected chi connectivity index (χ1v) is 8.59. The lowest BCUT2D eigenvalue weighted by Crippen LogP contribution is -2.40. The molecule has 1 fully saturated rings. The molecule has 0 saturated heterocycles. The first-order valence-electron chi connectivity index (χ1n) is 6.73. The molecule has 0 bridgehead atoms. The SMILES string of the molecule is CC(C)(C)NS(=O)(=O)c1ccc(Cl)c(CNC2CC2)c1. The number of hydrogen-bond acceptors (Lipinski definition) is 3. The highest BCUT2D eigenvalue weighted by atomic mass is 35.5. The van der Waals surface area contributed by atoms with Crippen LogP contribution in [-0.4, -0.2) is 20.0 Å². The molecule has 0 spiro atoms. The first kappa shape index (κ1) is 15.8. The van der Waals surface area contributed by atoms with Crippen molar-refractivity contribution in [2.24, 2.45) is 0 Å². The van der Waals surface area contributed by atoms with E-state index in [1.807, 2.05) is 20.8 Å². The fourth-order valence-corrected chi connectivity index (χ4v) is 3.51. The Morgan fingerprint density at radius 2 is 1.95 bits per heavy atom. The van der Waals surface area contributed by atoms with Crippen molar-refractivity contribution in [3.8, 4) is 0 Å². The molecule has 0 aliphatic heterocycles. The number of rotatable bonds is 5. The van der Waals surface area contributed by atoms with Gasteiger partial charge in [0.1, 0.15) is 0 Å². The van der Waals surface area contributed by atoms with Crippen LogP contribution in [0, 0.1) is 0 Å². The minimum atomic E-state index is -3.52. The van der Waals surface area contributed by atoms with Gasteiger partial charge < -0.3 is 5.32 Å². The van der Waals surface area contributed by atoms with Crippen LogP contribution >= 0.6 is 11.6 Å². The van der Waals surface area contributed by atoms with Crippen molar-refractivity contribution in [1.82, 2.24) is 10.0 Å². The van der Waals surface area contributed by atoms with Crippen molar-refractivity contribution in [3.63, 3.8) is 0 Å². The molecule has 2 rings (SSSR count). The lowest BCUT2D eigenvalue weighted by molar-refractivity contribution is 0.491. The lowest BCUT2D eigenvalue weighted by Gasteiger charge is -2.20. The normalized spacial score (nSPS) is 16.4. The van der Waals surface area contributed by atoms with Crippen LogP contribution in [0.3, 0.4) is 0 Å². The van der Waals surface area contributed by atoms with Gasteiger partial charge in [0.25, 0.3) is 0 Å². The standard InChI is InChI=1S/C14H21ClN2O2S/c1-14(2,3)17-20(18,19)12-6-7-13(15)10(8-12)9-16-11-4-5-11/h6-8,11,16-17H,4-5,9H2,1-3H3. The van der Waals surface area contributed by atoms with Crippen molar-refractivity contribution in [3.05, 3.63) is 28.8 Å². The molecule has 1 aliphatic carbocycles. The van der Waals surface area contributed by atoms with E-state index in [1.165, 1.54) is 18.9 Å². The number of sulfonamides is 1. The third kappa shape index (κ3) is 4.45. The van der Waals surface area contributed by atoms with Crippen LogP contribution in [0.25, 0.3) is 0 Å². The molecule has 0 amide bonds. The van der Waals surface area contributed by atoms with Gasteiger partial charge in [0.2, 0.25) is 10.0 Å². The van der Waals surface area contributed by atoms with E-state index in [2.05, 4.69) is 10.0 Å². The maximum atomic E-state index is 12.3. The summed E-state index contributed by atoms with van der Waals surface area (Å²) in [6.45, 7) is 6.05. The van der Waals surface area contributed by atoms with Gasteiger partial charge in [0, 0.05) is 23.1 Å². The van der Waals surface area contributed by atoms with E-state index >= 15 is 0 Å². The van der Waals surface area contributed by atoms with Gasteiger partial charge in [-0.25, -0.2) is 13.1 Å². The molecule has 1 aliphatic rings. The molecule has 4 nitrogen and oxygen atoms in total. The maximum Gasteiger partial charge on any atom is 0.241 e. The van der Waals surface area contributed by atoms with Gasteiger partial charge in [-0.1, -0.05) is 11.6 Å². The molecule has 112 valence electrons. The average molecular weight is 317 g/mol. The molecule has 2 N–H and O–H groups in total. The fraction of sp³-hybridized carbons (Fsp3) is 0.571. The van der Waals surface area contributed by atoms with Crippen molar-refractivity contribution >= 4 is 21.6 Å². The van der Waals surface area contributed by atoms with Crippen LogP contribution in [0.1, 0.15) is 39.2 Å². The third-order valence-corrected chi connectivity index (χ3v) is 5.05. The van der Waals surface area contributed by atoms with Gasteiger partial charge >= 0.3 is 0 Å². The van der Waals surface area contributed by atoms with Crippen LogP contribution in [-0.2, 0) is 16.6 Å². The van der Waals surface area contributed by atoms with Gasteiger partial charge in [-0.15, -0.1) is 0 Å². The highest BCUT2D eigenvalue weighted by Gasteiger charge is 2.24. The van der Waals surface area contributed by atoms with Crippen LogP contribution in [0.15, 0.2) is 23.1 Å². The number of hydrogen-bond donors (Lipinski definition) is 2. The second kappa shape index (κ2) is 5.64. The Morgan fingerprint density at radius 1 is 1.30 bits per heavy atom. The van der Waals surface area contributed by atoms with E-state index in [0.717, 1.165) is 5.56 Å². The molecule has 20 heavy (non-hydrogen) atoms. The van der Waals surface area contributed by atoms with Crippen LogP contribution in [0.2, 0.25) is 5.02 Å². The topological polar surface area (TPSA) is 58.2 Å². The Bertz CT molecular complexity index is 590. The minimum Gasteiger partial charge on any atom is -0.310 e. The summed E-state index contributed by atoms with van der Waals surface area (Å²) in [7, 11) is -3.52. The Balaban J connectivity index is 2.20. The number of halogens is 1.